The number of carbonyl (C=O) groups is 2. The number of esters is 1. The van der Waals surface area contributed by atoms with Crippen LogP contribution in [0.5, 0.6) is 0 Å². The Bertz CT molecular complexity index is 837. The molecule has 0 fully saturated rings. The van der Waals surface area contributed by atoms with Crippen molar-refractivity contribution in [2.45, 2.75) is 13.0 Å². The summed E-state index contributed by atoms with van der Waals surface area (Å²) in [5.41, 5.74) is 0.900. The number of carbonyl (C=O) groups excluding carboxylic acids is 2. The Morgan fingerprint density at radius 3 is 2.67 bits per heavy atom. The number of hydrogen-bond acceptors (Lipinski definition) is 4. The molecule has 24 heavy (non-hydrogen) atoms. The molecular formula is C19H17NO3S. The third kappa shape index (κ3) is 4.20. The molecule has 0 aliphatic rings. The van der Waals surface area contributed by atoms with Gasteiger partial charge in [-0.15, -0.1) is 11.3 Å². The van der Waals surface area contributed by atoms with Crippen LogP contribution in [0.4, 0.5) is 0 Å². The van der Waals surface area contributed by atoms with Gasteiger partial charge in [-0.1, -0.05) is 48.5 Å². The first-order chi connectivity index (χ1) is 11.7. The number of amides is 1. The summed E-state index contributed by atoms with van der Waals surface area (Å²) in [5, 5.41) is 6.79. The van der Waals surface area contributed by atoms with Crippen LogP contribution >= 0.6 is 11.3 Å². The zero-order chi connectivity index (χ0) is 16.8. The SMILES string of the molecule is O=C(COC(=O)Cc1cccc2ccccc12)NCc1cccs1. The van der Waals surface area contributed by atoms with E-state index < -0.39 is 5.97 Å². The van der Waals surface area contributed by atoms with Crippen LogP contribution in [0, 0.1) is 0 Å². The number of hydrogen-bond donors (Lipinski definition) is 1. The number of fused-ring (bicyclic) bond motifs is 1. The van der Waals surface area contributed by atoms with Gasteiger partial charge in [0, 0.05) is 4.88 Å². The highest BCUT2D eigenvalue weighted by Crippen LogP contribution is 2.19. The molecule has 4 nitrogen and oxygen atoms in total. The highest BCUT2D eigenvalue weighted by atomic mass is 32.1. The number of thiophene rings is 1. The number of ether oxygens (including phenoxy) is 1. The van der Waals surface area contributed by atoms with E-state index in [1.54, 1.807) is 11.3 Å². The largest absolute Gasteiger partial charge is 0.455 e. The maximum absolute atomic E-state index is 12.0. The molecule has 0 atom stereocenters. The average Bonchev–Trinajstić information content (AvgIpc) is 3.12. The second kappa shape index (κ2) is 7.75. The molecule has 1 N–H and O–H groups in total. The second-order valence-corrected chi connectivity index (χ2v) is 6.36. The Morgan fingerprint density at radius 1 is 1.00 bits per heavy atom. The standard InChI is InChI=1S/C19H17NO3S/c21-18(20-12-16-8-4-10-24-16)13-23-19(22)11-15-7-3-6-14-5-1-2-9-17(14)15/h1-10H,11-13H2,(H,20,21). The molecule has 122 valence electrons. The first-order valence-electron chi connectivity index (χ1n) is 7.64. The maximum Gasteiger partial charge on any atom is 0.310 e. The van der Waals surface area contributed by atoms with Crippen molar-refractivity contribution >= 4 is 34.0 Å². The summed E-state index contributed by atoms with van der Waals surface area (Å²) in [6, 6.07) is 17.6. The van der Waals surface area contributed by atoms with Gasteiger partial charge in [-0.2, -0.15) is 0 Å². The second-order valence-electron chi connectivity index (χ2n) is 5.33. The van der Waals surface area contributed by atoms with Crippen LogP contribution < -0.4 is 5.32 Å². The van der Waals surface area contributed by atoms with E-state index in [2.05, 4.69) is 5.32 Å². The van der Waals surface area contributed by atoms with Gasteiger partial charge in [0.1, 0.15) is 0 Å². The molecular weight excluding hydrogens is 322 g/mol. The Labute approximate surface area is 144 Å². The monoisotopic (exact) mass is 339 g/mol. The van der Waals surface area contributed by atoms with Crippen molar-refractivity contribution in [2.75, 3.05) is 6.61 Å². The molecule has 1 aromatic heterocycles. The van der Waals surface area contributed by atoms with Gasteiger partial charge in [0.15, 0.2) is 6.61 Å². The van der Waals surface area contributed by atoms with Gasteiger partial charge in [0.25, 0.3) is 5.91 Å². The molecule has 0 bridgehead atoms. The normalized spacial score (nSPS) is 10.5. The first kappa shape index (κ1) is 16.2. The fraction of sp³-hybridized carbons (Fsp3) is 0.158. The minimum atomic E-state index is -0.405. The third-order valence-corrected chi connectivity index (χ3v) is 4.50. The Kier molecular flexibility index (Phi) is 5.23. The minimum absolute atomic E-state index is 0.152. The van der Waals surface area contributed by atoms with E-state index in [0.717, 1.165) is 21.2 Å². The Balaban J connectivity index is 1.51. The van der Waals surface area contributed by atoms with Gasteiger partial charge >= 0.3 is 5.97 Å². The molecule has 0 aliphatic carbocycles. The van der Waals surface area contributed by atoms with E-state index in [1.807, 2.05) is 60.0 Å². The van der Waals surface area contributed by atoms with E-state index in [0.29, 0.717) is 6.54 Å². The van der Waals surface area contributed by atoms with Gasteiger partial charge in [0.2, 0.25) is 0 Å². The smallest absolute Gasteiger partial charge is 0.310 e. The summed E-state index contributed by atoms with van der Waals surface area (Å²) in [6.45, 7) is 0.201. The molecule has 2 aromatic carbocycles. The van der Waals surface area contributed by atoms with Crippen LogP contribution in [-0.2, 0) is 27.3 Å². The number of nitrogens with one attached hydrogen (secondary N) is 1. The summed E-state index contributed by atoms with van der Waals surface area (Å²) in [4.78, 5) is 24.8. The van der Waals surface area contributed by atoms with E-state index in [1.165, 1.54) is 0 Å². The van der Waals surface area contributed by atoms with Crippen LogP contribution in [0.1, 0.15) is 10.4 Å². The molecule has 0 saturated carbocycles. The summed E-state index contributed by atoms with van der Waals surface area (Å²) < 4.78 is 5.08. The molecule has 0 unspecified atom stereocenters. The van der Waals surface area contributed by atoms with Crippen LogP contribution in [0.25, 0.3) is 10.8 Å². The Morgan fingerprint density at radius 2 is 1.83 bits per heavy atom. The fourth-order valence-electron chi connectivity index (χ4n) is 2.45. The molecule has 1 heterocycles. The highest BCUT2D eigenvalue weighted by molar-refractivity contribution is 7.09. The molecule has 3 aromatic rings. The van der Waals surface area contributed by atoms with Crippen molar-refractivity contribution in [3.05, 3.63) is 70.4 Å². The maximum atomic E-state index is 12.0. The molecule has 3 rings (SSSR count). The number of rotatable bonds is 6. The summed E-state index contributed by atoms with van der Waals surface area (Å²) in [5.74, 6) is -0.702. The van der Waals surface area contributed by atoms with Crippen molar-refractivity contribution in [2.24, 2.45) is 0 Å². The molecule has 0 saturated heterocycles. The lowest BCUT2D eigenvalue weighted by Crippen LogP contribution is -2.28. The van der Waals surface area contributed by atoms with Crippen LogP contribution in [0.2, 0.25) is 0 Å². The van der Waals surface area contributed by atoms with Crippen molar-refractivity contribution < 1.29 is 14.3 Å². The Hall–Kier alpha value is -2.66. The fourth-order valence-corrected chi connectivity index (χ4v) is 3.09. The first-order valence-corrected chi connectivity index (χ1v) is 8.52. The van der Waals surface area contributed by atoms with Gasteiger partial charge in [-0.3, -0.25) is 9.59 Å². The zero-order valence-corrected chi connectivity index (χ0v) is 13.8. The highest BCUT2D eigenvalue weighted by Gasteiger charge is 2.10. The summed E-state index contributed by atoms with van der Waals surface area (Å²) in [7, 11) is 0. The summed E-state index contributed by atoms with van der Waals surface area (Å²) in [6.07, 6.45) is 0.152. The van der Waals surface area contributed by atoms with E-state index in [-0.39, 0.29) is 18.9 Å². The molecule has 0 spiro atoms. The van der Waals surface area contributed by atoms with Crippen molar-refractivity contribution in [1.82, 2.24) is 5.32 Å². The van der Waals surface area contributed by atoms with Crippen LogP contribution in [0.15, 0.2) is 60.0 Å². The minimum Gasteiger partial charge on any atom is -0.455 e. The van der Waals surface area contributed by atoms with Crippen LogP contribution in [0.3, 0.4) is 0 Å². The molecule has 1 amide bonds. The molecule has 5 heteroatoms. The van der Waals surface area contributed by atoms with Crippen molar-refractivity contribution in [3.8, 4) is 0 Å². The summed E-state index contributed by atoms with van der Waals surface area (Å²) >= 11 is 1.57. The lowest BCUT2D eigenvalue weighted by Gasteiger charge is -2.08. The lowest BCUT2D eigenvalue weighted by molar-refractivity contribution is -0.147. The molecule has 0 aliphatic heterocycles. The van der Waals surface area contributed by atoms with Crippen molar-refractivity contribution in [1.29, 1.82) is 0 Å². The van der Waals surface area contributed by atoms with Gasteiger partial charge in [0.05, 0.1) is 13.0 Å². The predicted octanol–water partition coefficient (Wildman–Crippen LogP) is 3.30. The van der Waals surface area contributed by atoms with Crippen molar-refractivity contribution in [3.63, 3.8) is 0 Å². The number of benzene rings is 2. The van der Waals surface area contributed by atoms with Gasteiger partial charge in [-0.05, 0) is 27.8 Å². The van der Waals surface area contributed by atoms with E-state index >= 15 is 0 Å². The van der Waals surface area contributed by atoms with Gasteiger partial charge < -0.3 is 10.1 Å². The zero-order valence-electron chi connectivity index (χ0n) is 13.0. The lowest BCUT2D eigenvalue weighted by atomic mass is 10.0. The quantitative estimate of drug-likeness (QED) is 0.701. The topological polar surface area (TPSA) is 55.4 Å². The van der Waals surface area contributed by atoms with E-state index in [9.17, 15) is 9.59 Å². The van der Waals surface area contributed by atoms with Crippen LogP contribution in [-0.4, -0.2) is 18.5 Å². The molecule has 0 radical (unpaired) electrons. The average molecular weight is 339 g/mol. The van der Waals surface area contributed by atoms with E-state index in [4.69, 9.17) is 4.74 Å². The third-order valence-electron chi connectivity index (χ3n) is 3.62. The van der Waals surface area contributed by atoms with Gasteiger partial charge in [-0.25, -0.2) is 0 Å². The predicted molar refractivity (Wildman–Crippen MR) is 94.8 cm³/mol.